The third-order valence-electron chi connectivity index (χ3n) is 4.45. The number of sulfonamides is 1. The lowest BCUT2D eigenvalue weighted by Gasteiger charge is -2.31. The van der Waals surface area contributed by atoms with Gasteiger partial charge in [0.15, 0.2) is 6.54 Å². The summed E-state index contributed by atoms with van der Waals surface area (Å²) in [4.78, 5) is 12.4. The quantitative estimate of drug-likeness (QED) is 0.622. The Bertz CT molecular complexity index is 720. The van der Waals surface area contributed by atoms with Crippen LogP contribution in [0.2, 0.25) is 0 Å². The van der Waals surface area contributed by atoms with Crippen LogP contribution in [0.4, 0.5) is 8.78 Å². The maximum absolute atomic E-state index is 13.8. The molecule has 0 saturated carbocycles. The Labute approximate surface area is 153 Å². The van der Waals surface area contributed by atoms with Crippen LogP contribution in [-0.4, -0.2) is 57.9 Å². The zero-order chi connectivity index (χ0) is 19.2. The fourth-order valence-corrected chi connectivity index (χ4v) is 4.42. The highest BCUT2D eigenvalue weighted by Gasteiger charge is 2.32. The maximum Gasteiger partial charge on any atom is 0.275 e. The Morgan fingerprint density at radius 3 is 2.54 bits per heavy atom. The summed E-state index contributed by atoms with van der Waals surface area (Å²) in [7, 11) is -4.00. The summed E-state index contributed by atoms with van der Waals surface area (Å²) in [5.41, 5.74) is 0. The van der Waals surface area contributed by atoms with Gasteiger partial charge in [0.05, 0.1) is 26.2 Å². The number of hydrogen-bond donors (Lipinski definition) is 2. The number of halogens is 2. The van der Waals surface area contributed by atoms with Gasteiger partial charge in [-0.05, 0) is 18.6 Å². The summed E-state index contributed by atoms with van der Waals surface area (Å²) < 4.78 is 53.0. The zero-order valence-corrected chi connectivity index (χ0v) is 15.7. The predicted molar refractivity (Wildman–Crippen MR) is 93.2 cm³/mol. The molecule has 1 aromatic carbocycles. The maximum atomic E-state index is 13.8. The zero-order valence-electron chi connectivity index (χ0n) is 14.9. The monoisotopic (exact) mass is 390 g/mol. The first kappa shape index (κ1) is 20.7. The van der Waals surface area contributed by atoms with E-state index in [0.717, 1.165) is 36.3 Å². The van der Waals surface area contributed by atoms with Gasteiger partial charge < -0.3 is 10.2 Å². The Morgan fingerprint density at radius 2 is 1.92 bits per heavy atom. The van der Waals surface area contributed by atoms with Crippen molar-refractivity contribution < 1.29 is 26.9 Å². The van der Waals surface area contributed by atoms with Gasteiger partial charge in [-0.25, -0.2) is 17.2 Å². The van der Waals surface area contributed by atoms with Crippen LogP contribution in [0.3, 0.4) is 0 Å². The molecule has 2 rings (SSSR count). The lowest BCUT2D eigenvalue weighted by Crippen LogP contribution is -3.15. The molecule has 9 heteroatoms. The highest BCUT2D eigenvalue weighted by Crippen LogP contribution is 2.20. The van der Waals surface area contributed by atoms with Crippen LogP contribution in [-0.2, 0) is 14.8 Å². The molecule has 146 valence electrons. The molecule has 1 heterocycles. The van der Waals surface area contributed by atoms with Crippen molar-refractivity contribution in [3.63, 3.8) is 0 Å². The van der Waals surface area contributed by atoms with Crippen molar-refractivity contribution in [3.05, 3.63) is 29.8 Å². The van der Waals surface area contributed by atoms with Gasteiger partial charge >= 0.3 is 0 Å². The predicted octanol–water partition coefficient (Wildman–Crippen LogP) is 0.160. The molecule has 0 radical (unpaired) electrons. The van der Waals surface area contributed by atoms with Crippen LogP contribution >= 0.6 is 0 Å². The van der Waals surface area contributed by atoms with Gasteiger partial charge in [-0.3, -0.25) is 4.79 Å². The van der Waals surface area contributed by atoms with Crippen LogP contribution < -0.4 is 10.2 Å². The van der Waals surface area contributed by atoms with E-state index in [2.05, 4.69) is 12.2 Å². The first-order valence-corrected chi connectivity index (χ1v) is 10.3. The van der Waals surface area contributed by atoms with E-state index in [1.807, 2.05) is 0 Å². The number of nitrogens with zero attached hydrogens (tertiary/aromatic N) is 1. The average Bonchev–Trinajstić information content (AvgIpc) is 2.59. The van der Waals surface area contributed by atoms with Crippen molar-refractivity contribution >= 4 is 15.9 Å². The van der Waals surface area contributed by atoms with Crippen molar-refractivity contribution in [2.75, 3.05) is 39.3 Å². The lowest BCUT2D eigenvalue weighted by molar-refractivity contribution is -0.895. The minimum absolute atomic E-state index is 0.0445. The van der Waals surface area contributed by atoms with Crippen molar-refractivity contribution in [2.24, 2.45) is 0 Å². The molecule has 2 N–H and O–H groups in total. The van der Waals surface area contributed by atoms with Crippen LogP contribution in [0.5, 0.6) is 0 Å². The Morgan fingerprint density at radius 1 is 1.23 bits per heavy atom. The molecule has 0 bridgehead atoms. The molecule has 1 amide bonds. The smallest absolute Gasteiger partial charge is 0.275 e. The molecule has 1 fully saturated rings. The fourth-order valence-electron chi connectivity index (χ4n) is 2.94. The molecule has 0 atom stereocenters. The Balaban J connectivity index is 1.86. The second kappa shape index (κ2) is 9.38. The first-order valence-electron chi connectivity index (χ1n) is 8.90. The van der Waals surface area contributed by atoms with Gasteiger partial charge in [0.1, 0.15) is 16.5 Å². The van der Waals surface area contributed by atoms with E-state index in [4.69, 9.17) is 0 Å². The van der Waals surface area contributed by atoms with Gasteiger partial charge in [-0.2, -0.15) is 4.31 Å². The lowest BCUT2D eigenvalue weighted by atomic mass is 10.2. The van der Waals surface area contributed by atoms with Crippen molar-refractivity contribution in [1.29, 1.82) is 0 Å². The van der Waals surface area contributed by atoms with Crippen LogP contribution in [0, 0.1) is 11.6 Å². The molecule has 26 heavy (non-hydrogen) atoms. The largest absolute Gasteiger partial charge is 0.351 e. The fraction of sp³-hybridized carbons (Fsp3) is 0.588. The van der Waals surface area contributed by atoms with Crippen LogP contribution in [0.1, 0.15) is 26.2 Å². The average molecular weight is 390 g/mol. The summed E-state index contributed by atoms with van der Waals surface area (Å²) in [6, 6.07) is 2.45. The molecular formula is C17H26F2N3O3S+. The van der Waals surface area contributed by atoms with E-state index in [0.29, 0.717) is 32.2 Å². The SMILES string of the molecule is CCCCCNC(=O)C[NH+]1CCN(S(=O)(=O)c2ccc(F)cc2F)CC1. The first-order chi connectivity index (χ1) is 12.3. The summed E-state index contributed by atoms with van der Waals surface area (Å²) in [6.45, 7) is 4.36. The molecule has 1 aliphatic rings. The molecule has 0 aliphatic carbocycles. The second-order valence-corrected chi connectivity index (χ2v) is 8.37. The van der Waals surface area contributed by atoms with Gasteiger partial charge in [0.2, 0.25) is 10.0 Å². The number of nitrogens with one attached hydrogen (secondary N) is 2. The highest BCUT2D eigenvalue weighted by molar-refractivity contribution is 7.89. The van der Waals surface area contributed by atoms with E-state index >= 15 is 0 Å². The van der Waals surface area contributed by atoms with Gasteiger partial charge in [0.25, 0.3) is 5.91 Å². The molecule has 1 saturated heterocycles. The van der Waals surface area contributed by atoms with E-state index in [9.17, 15) is 22.0 Å². The van der Waals surface area contributed by atoms with Crippen molar-refractivity contribution in [2.45, 2.75) is 31.1 Å². The second-order valence-electron chi connectivity index (χ2n) is 6.46. The van der Waals surface area contributed by atoms with Crippen molar-refractivity contribution in [3.8, 4) is 0 Å². The van der Waals surface area contributed by atoms with E-state index in [1.165, 1.54) is 4.31 Å². The third-order valence-corrected chi connectivity index (χ3v) is 6.39. The van der Waals surface area contributed by atoms with E-state index < -0.39 is 26.6 Å². The van der Waals surface area contributed by atoms with Gasteiger partial charge in [-0.1, -0.05) is 19.8 Å². The van der Waals surface area contributed by atoms with Gasteiger partial charge in [-0.15, -0.1) is 0 Å². The van der Waals surface area contributed by atoms with Crippen LogP contribution in [0.25, 0.3) is 0 Å². The Kier molecular flexibility index (Phi) is 7.48. The number of quaternary nitrogens is 1. The summed E-state index contributed by atoms with van der Waals surface area (Å²) in [5, 5.41) is 2.87. The van der Waals surface area contributed by atoms with Crippen LogP contribution in [0.15, 0.2) is 23.1 Å². The molecule has 1 aliphatic heterocycles. The minimum atomic E-state index is -4.00. The molecule has 0 spiro atoms. The number of hydrogen-bond acceptors (Lipinski definition) is 3. The molecule has 0 unspecified atom stereocenters. The normalized spacial score (nSPS) is 16.6. The summed E-state index contributed by atoms with van der Waals surface area (Å²) in [5.74, 6) is -1.95. The summed E-state index contributed by atoms with van der Waals surface area (Å²) >= 11 is 0. The standard InChI is InChI=1S/C17H25F2N3O3S/c1-2-3-4-7-20-17(23)13-21-8-10-22(11-9-21)26(24,25)16-6-5-14(18)12-15(16)19/h5-6,12H,2-4,7-11,13H2,1H3,(H,20,23)/p+1. The van der Waals surface area contributed by atoms with E-state index in [1.54, 1.807) is 0 Å². The summed E-state index contributed by atoms with van der Waals surface area (Å²) in [6.07, 6.45) is 3.11. The number of piperazine rings is 1. The molecular weight excluding hydrogens is 364 g/mol. The molecule has 1 aromatic rings. The highest BCUT2D eigenvalue weighted by atomic mass is 32.2. The number of unbranched alkanes of at least 4 members (excludes halogenated alkanes) is 2. The van der Waals surface area contributed by atoms with Crippen molar-refractivity contribution in [1.82, 2.24) is 9.62 Å². The van der Waals surface area contributed by atoms with E-state index in [-0.39, 0.29) is 19.0 Å². The number of carbonyl (C=O) groups is 1. The van der Waals surface area contributed by atoms with Gasteiger partial charge in [0, 0.05) is 12.6 Å². The third kappa shape index (κ3) is 5.46. The molecule has 0 aromatic heterocycles. The number of carbonyl (C=O) groups excluding carboxylic acids is 1. The minimum Gasteiger partial charge on any atom is -0.351 e. The number of amides is 1. The Hall–Kier alpha value is -1.58. The molecule has 6 nitrogen and oxygen atoms in total. The number of benzene rings is 1. The topological polar surface area (TPSA) is 70.9 Å². The number of rotatable bonds is 8.